The highest BCUT2D eigenvalue weighted by molar-refractivity contribution is 7.15. The van der Waals surface area contributed by atoms with Gasteiger partial charge < -0.3 is 10.1 Å². The lowest BCUT2D eigenvalue weighted by Crippen LogP contribution is -2.21. The second-order valence-electron chi connectivity index (χ2n) is 6.54. The number of nitrogens with zero attached hydrogens (tertiary/aromatic N) is 1. The predicted octanol–water partition coefficient (Wildman–Crippen LogP) is 3.58. The fraction of sp³-hybridized carbons (Fsp3) is 0.750. The van der Waals surface area contributed by atoms with Crippen LogP contribution >= 0.6 is 11.3 Å². The van der Waals surface area contributed by atoms with Gasteiger partial charge in [0.25, 0.3) is 0 Å². The molecule has 1 aromatic rings. The van der Waals surface area contributed by atoms with Crippen molar-refractivity contribution in [2.45, 2.75) is 52.4 Å². The first-order valence-corrected chi connectivity index (χ1v) is 8.77. The predicted molar refractivity (Wildman–Crippen MR) is 84.8 cm³/mol. The third-order valence-electron chi connectivity index (χ3n) is 5.00. The maximum absolute atomic E-state index is 12.0. The molecule has 0 spiro atoms. The van der Waals surface area contributed by atoms with Gasteiger partial charge in [-0.2, -0.15) is 0 Å². The van der Waals surface area contributed by atoms with E-state index in [9.17, 15) is 4.79 Å². The molecule has 0 radical (unpaired) electrons. The number of hydrogen-bond acceptors (Lipinski definition) is 5. The lowest BCUT2D eigenvalue weighted by Gasteiger charge is -2.19. The molecule has 0 aliphatic heterocycles. The number of carbonyl (C=O) groups is 1. The van der Waals surface area contributed by atoms with Crippen molar-refractivity contribution < 1.29 is 9.53 Å². The number of nitrogens with one attached hydrogen (secondary N) is 1. The number of hydrogen-bond donors (Lipinski definition) is 1. The number of fused-ring (bicyclic) bond motifs is 1. The smallest absolute Gasteiger partial charge is 0.315 e. The molecule has 0 saturated heterocycles. The maximum Gasteiger partial charge on any atom is 0.315 e. The quantitative estimate of drug-likeness (QED) is 0.816. The monoisotopic (exact) mass is 308 g/mol. The molecule has 1 fully saturated rings. The van der Waals surface area contributed by atoms with Crippen molar-refractivity contribution in [3.63, 3.8) is 0 Å². The van der Waals surface area contributed by atoms with Crippen molar-refractivity contribution in [3.8, 4) is 0 Å². The Bertz CT molecular complexity index is 534. The van der Waals surface area contributed by atoms with Crippen LogP contribution in [0.15, 0.2) is 0 Å². The maximum atomic E-state index is 12.0. The summed E-state index contributed by atoms with van der Waals surface area (Å²) < 4.78 is 5.15. The fourth-order valence-corrected chi connectivity index (χ4v) is 4.18. The topological polar surface area (TPSA) is 51.2 Å². The summed E-state index contributed by atoms with van der Waals surface area (Å²) in [4.78, 5) is 17.9. The molecular formula is C16H24N2O2S. The van der Waals surface area contributed by atoms with Crippen LogP contribution in [0.25, 0.3) is 0 Å². The Labute approximate surface area is 130 Å². The Morgan fingerprint density at radius 1 is 1.52 bits per heavy atom. The number of aromatic nitrogens is 1. The van der Waals surface area contributed by atoms with E-state index in [4.69, 9.17) is 4.74 Å². The Morgan fingerprint density at radius 3 is 2.90 bits per heavy atom. The Hall–Kier alpha value is -1.10. The summed E-state index contributed by atoms with van der Waals surface area (Å²) >= 11 is 1.71. The number of anilines is 1. The normalized spacial score (nSPS) is 22.2. The molecule has 0 bridgehead atoms. The minimum Gasteiger partial charge on any atom is -0.465 e. The summed E-state index contributed by atoms with van der Waals surface area (Å²) in [5, 5.41) is 4.48. The zero-order valence-corrected chi connectivity index (χ0v) is 13.9. The summed E-state index contributed by atoms with van der Waals surface area (Å²) in [6, 6.07) is 0. The highest BCUT2D eigenvalue weighted by Gasteiger charge is 2.45. The van der Waals surface area contributed by atoms with Crippen LogP contribution in [-0.2, 0) is 16.0 Å². The van der Waals surface area contributed by atoms with Gasteiger partial charge in [-0.15, -0.1) is 11.3 Å². The number of carbonyl (C=O) groups excluding carboxylic acids is 1. The van der Waals surface area contributed by atoms with Crippen LogP contribution in [-0.4, -0.2) is 24.1 Å². The zero-order valence-electron chi connectivity index (χ0n) is 13.1. The van der Waals surface area contributed by atoms with Gasteiger partial charge in [0.05, 0.1) is 12.3 Å². The molecule has 0 aromatic carbocycles. The number of aryl methyl sites for hydroxylation is 1. The molecular weight excluding hydrogens is 284 g/mol. The van der Waals surface area contributed by atoms with Gasteiger partial charge in [-0.3, -0.25) is 4.79 Å². The van der Waals surface area contributed by atoms with Crippen LogP contribution < -0.4 is 5.32 Å². The van der Waals surface area contributed by atoms with E-state index in [1.807, 2.05) is 6.92 Å². The van der Waals surface area contributed by atoms with Crippen molar-refractivity contribution >= 4 is 22.4 Å². The number of thiazole rings is 1. The summed E-state index contributed by atoms with van der Waals surface area (Å²) in [7, 11) is 0. The van der Waals surface area contributed by atoms with E-state index < -0.39 is 0 Å². The molecule has 116 valence electrons. The van der Waals surface area contributed by atoms with Gasteiger partial charge in [-0.05, 0) is 43.9 Å². The first-order valence-electron chi connectivity index (χ1n) is 7.96. The molecule has 21 heavy (non-hydrogen) atoms. The van der Waals surface area contributed by atoms with Gasteiger partial charge >= 0.3 is 5.97 Å². The van der Waals surface area contributed by atoms with Gasteiger partial charge in [0.1, 0.15) is 5.92 Å². The molecule has 2 aliphatic carbocycles. The molecule has 1 atom stereocenters. The van der Waals surface area contributed by atoms with E-state index in [1.165, 1.54) is 17.7 Å². The van der Waals surface area contributed by atoms with Crippen LogP contribution in [0.4, 0.5) is 5.13 Å². The standard InChI is InChI=1S/C16H24N2O2S/c1-4-20-14(19)11-5-6-12-13(11)18-15(21-12)17-9-16(7-8-16)10(2)3/h10-11H,4-9H2,1-3H3,(H,17,18). The third-order valence-corrected chi connectivity index (χ3v) is 6.09. The second-order valence-corrected chi connectivity index (χ2v) is 7.62. The molecule has 2 aliphatic rings. The summed E-state index contributed by atoms with van der Waals surface area (Å²) in [5.41, 5.74) is 1.42. The second kappa shape index (κ2) is 5.59. The van der Waals surface area contributed by atoms with Crippen LogP contribution in [0.1, 0.15) is 56.5 Å². The molecule has 4 nitrogen and oxygen atoms in total. The molecule has 3 rings (SSSR count). The summed E-state index contributed by atoms with van der Waals surface area (Å²) in [6.45, 7) is 7.89. The van der Waals surface area contributed by atoms with E-state index in [2.05, 4.69) is 24.1 Å². The van der Waals surface area contributed by atoms with Crippen LogP contribution in [0.5, 0.6) is 0 Å². The van der Waals surface area contributed by atoms with Crippen LogP contribution in [0, 0.1) is 11.3 Å². The molecule has 0 amide bonds. The molecule has 1 N–H and O–H groups in total. The number of esters is 1. The van der Waals surface area contributed by atoms with Gasteiger partial charge in [0.15, 0.2) is 5.13 Å². The number of rotatable bonds is 6. The largest absolute Gasteiger partial charge is 0.465 e. The van der Waals surface area contributed by atoms with E-state index in [0.29, 0.717) is 17.9 Å². The first kappa shape index (κ1) is 14.8. The highest BCUT2D eigenvalue weighted by atomic mass is 32.1. The van der Waals surface area contributed by atoms with E-state index >= 15 is 0 Å². The molecule has 1 saturated carbocycles. The summed E-state index contributed by atoms with van der Waals surface area (Å²) in [5.74, 6) is 0.449. The molecule has 5 heteroatoms. The average molecular weight is 308 g/mol. The minimum absolute atomic E-state index is 0.117. The third kappa shape index (κ3) is 2.80. The minimum atomic E-state index is -0.147. The summed E-state index contributed by atoms with van der Waals surface area (Å²) in [6.07, 6.45) is 4.43. The lowest BCUT2D eigenvalue weighted by atomic mass is 9.92. The molecule has 1 heterocycles. The van der Waals surface area contributed by atoms with Crippen molar-refractivity contribution in [3.05, 3.63) is 10.6 Å². The van der Waals surface area contributed by atoms with Crippen molar-refractivity contribution in [2.75, 3.05) is 18.5 Å². The highest BCUT2D eigenvalue weighted by Crippen LogP contribution is 2.52. The SMILES string of the molecule is CCOC(=O)C1CCc2sc(NCC3(C(C)C)CC3)nc21. The first-order chi connectivity index (χ1) is 10.1. The van der Waals surface area contributed by atoms with E-state index in [0.717, 1.165) is 30.2 Å². The van der Waals surface area contributed by atoms with Gasteiger partial charge in [0, 0.05) is 11.4 Å². The number of ether oxygens (including phenoxy) is 1. The van der Waals surface area contributed by atoms with Crippen LogP contribution in [0.2, 0.25) is 0 Å². The van der Waals surface area contributed by atoms with E-state index in [-0.39, 0.29) is 11.9 Å². The van der Waals surface area contributed by atoms with Crippen LogP contribution in [0.3, 0.4) is 0 Å². The van der Waals surface area contributed by atoms with Crippen molar-refractivity contribution in [2.24, 2.45) is 11.3 Å². The van der Waals surface area contributed by atoms with Crippen molar-refractivity contribution in [1.29, 1.82) is 0 Å². The average Bonchev–Trinajstić information content (AvgIpc) is 2.98. The van der Waals surface area contributed by atoms with Gasteiger partial charge in [-0.1, -0.05) is 13.8 Å². The molecule has 1 unspecified atom stereocenters. The van der Waals surface area contributed by atoms with Crippen molar-refractivity contribution in [1.82, 2.24) is 4.98 Å². The van der Waals surface area contributed by atoms with E-state index in [1.54, 1.807) is 11.3 Å². The Morgan fingerprint density at radius 2 is 2.29 bits per heavy atom. The fourth-order valence-electron chi connectivity index (χ4n) is 3.15. The molecule has 1 aromatic heterocycles. The van der Waals surface area contributed by atoms with Gasteiger partial charge in [0.2, 0.25) is 0 Å². The van der Waals surface area contributed by atoms with Gasteiger partial charge in [-0.25, -0.2) is 4.98 Å². The zero-order chi connectivity index (χ0) is 15.0. The Balaban J connectivity index is 1.65. The Kier molecular flexibility index (Phi) is 3.95. The lowest BCUT2D eigenvalue weighted by molar-refractivity contribution is -0.145.